The summed E-state index contributed by atoms with van der Waals surface area (Å²) in [5, 5.41) is 7.02. The molecule has 0 spiro atoms. The van der Waals surface area contributed by atoms with Gasteiger partial charge in [-0.25, -0.2) is 18.6 Å². The quantitative estimate of drug-likeness (QED) is 0.506. The maximum absolute atomic E-state index is 13.8. The number of H-pyrrole nitrogens is 1. The molecule has 12 heteroatoms. The van der Waals surface area contributed by atoms with Gasteiger partial charge in [0.15, 0.2) is 0 Å². The van der Waals surface area contributed by atoms with Crippen molar-refractivity contribution in [1.82, 2.24) is 25.1 Å². The van der Waals surface area contributed by atoms with Crippen LogP contribution >= 0.6 is 23.2 Å². The van der Waals surface area contributed by atoms with Gasteiger partial charge in [0.25, 0.3) is 11.5 Å². The predicted octanol–water partition coefficient (Wildman–Crippen LogP) is 3.92. The molecule has 1 unspecified atom stereocenters. The summed E-state index contributed by atoms with van der Waals surface area (Å²) in [6.45, 7) is 0. The van der Waals surface area contributed by atoms with E-state index in [9.17, 15) is 23.2 Å². The molecule has 0 saturated heterocycles. The average molecular weight is 510 g/mol. The van der Waals surface area contributed by atoms with Crippen molar-refractivity contribution < 1.29 is 13.6 Å². The summed E-state index contributed by atoms with van der Waals surface area (Å²) in [6, 6.07) is 7.54. The molecule has 1 aliphatic carbocycles. The summed E-state index contributed by atoms with van der Waals surface area (Å²) in [6.07, 6.45) is 2.05. The number of pyridine rings is 1. The Balaban J connectivity index is 1.65. The maximum atomic E-state index is 13.8. The molecule has 1 amide bonds. The van der Waals surface area contributed by atoms with Crippen molar-refractivity contribution in [3.8, 4) is 5.69 Å². The summed E-state index contributed by atoms with van der Waals surface area (Å²) >= 11 is 12.2. The molecule has 2 aromatic heterocycles. The molecule has 8 nitrogen and oxygen atoms in total. The summed E-state index contributed by atoms with van der Waals surface area (Å²) in [5.74, 6) is -3.55. The number of hydrogen-bond acceptors (Lipinski definition) is 5. The second-order valence-electron chi connectivity index (χ2n) is 8.08. The van der Waals surface area contributed by atoms with Crippen LogP contribution in [0.2, 0.25) is 10.2 Å². The monoisotopic (exact) mass is 509 g/mol. The van der Waals surface area contributed by atoms with Crippen LogP contribution in [-0.4, -0.2) is 31.6 Å². The van der Waals surface area contributed by atoms with Gasteiger partial charge in [0.05, 0.1) is 23.5 Å². The predicted molar refractivity (Wildman–Crippen MR) is 122 cm³/mol. The zero-order chi connectivity index (χ0) is 24.5. The molecule has 34 heavy (non-hydrogen) atoms. The Hall–Kier alpha value is -3.11. The van der Waals surface area contributed by atoms with Gasteiger partial charge < -0.3 is 5.32 Å². The Morgan fingerprint density at radius 3 is 2.47 bits per heavy atom. The zero-order valence-corrected chi connectivity index (χ0v) is 19.1. The maximum Gasteiger partial charge on any atom is 0.349 e. The lowest BCUT2D eigenvalue weighted by Gasteiger charge is -2.34. The van der Waals surface area contributed by atoms with Crippen LogP contribution in [0.3, 0.4) is 0 Å². The number of nitrogens with zero attached hydrogens (tertiary/aromatic N) is 3. The molecule has 4 rings (SSSR count). The fourth-order valence-corrected chi connectivity index (χ4v) is 4.32. The standard InChI is InChI=1S/C22H19Cl2F2N5O3/c23-14-3-1-12(2-4-14)18(13-5-7-22(25,26)8-6-13)30-20(33)16-9-15(10-27-19(16)24)31-21(34)29-17(32)11-28-31/h1-4,9-11,13,18H,5-8H2,(H,30,33)(H,29,32,34). The van der Waals surface area contributed by atoms with Crippen molar-refractivity contribution >= 4 is 29.1 Å². The Labute approximate surface area is 201 Å². The van der Waals surface area contributed by atoms with Crippen LogP contribution in [0.25, 0.3) is 5.69 Å². The minimum atomic E-state index is -2.72. The third-order valence-corrected chi connectivity index (χ3v) is 6.33. The molecule has 1 atom stereocenters. The van der Waals surface area contributed by atoms with Crippen LogP contribution < -0.4 is 16.6 Å². The number of aromatic nitrogens is 4. The highest BCUT2D eigenvalue weighted by Crippen LogP contribution is 2.41. The van der Waals surface area contributed by atoms with E-state index in [2.05, 4.69) is 20.4 Å². The molecule has 178 valence electrons. The van der Waals surface area contributed by atoms with Gasteiger partial charge in [0, 0.05) is 17.9 Å². The van der Waals surface area contributed by atoms with Crippen LogP contribution in [0.1, 0.15) is 47.6 Å². The first kappa shape index (κ1) is 24.0. The highest BCUT2D eigenvalue weighted by Gasteiger charge is 2.38. The van der Waals surface area contributed by atoms with E-state index in [0.717, 1.165) is 10.9 Å². The Morgan fingerprint density at radius 1 is 1.15 bits per heavy atom. The second-order valence-corrected chi connectivity index (χ2v) is 8.87. The van der Waals surface area contributed by atoms with E-state index in [1.165, 1.54) is 12.3 Å². The van der Waals surface area contributed by atoms with E-state index < -0.39 is 29.1 Å². The molecule has 1 aliphatic rings. The molecule has 1 saturated carbocycles. The van der Waals surface area contributed by atoms with Gasteiger partial charge in [-0.15, -0.1) is 0 Å². The van der Waals surface area contributed by atoms with Crippen molar-refractivity contribution in [3.05, 3.63) is 84.9 Å². The lowest BCUT2D eigenvalue weighted by Crippen LogP contribution is -2.37. The molecule has 3 aromatic rings. The van der Waals surface area contributed by atoms with Crippen LogP contribution in [-0.2, 0) is 0 Å². The van der Waals surface area contributed by atoms with Gasteiger partial charge in [-0.2, -0.15) is 9.78 Å². The van der Waals surface area contributed by atoms with E-state index in [1.807, 2.05) is 0 Å². The fourth-order valence-electron chi connectivity index (χ4n) is 4.01. The molecular formula is C22H19Cl2F2N5O3. The third kappa shape index (κ3) is 5.34. The number of aromatic amines is 1. The van der Waals surface area contributed by atoms with Crippen LogP contribution in [0, 0.1) is 5.92 Å². The van der Waals surface area contributed by atoms with Gasteiger partial charge in [-0.1, -0.05) is 35.3 Å². The van der Waals surface area contributed by atoms with Gasteiger partial charge in [-0.05, 0) is 42.5 Å². The number of hydrogen-bond donors (Lipinski definition) is 2. The van der Waals surface area contributed by atoms with Gasteiger partial charge in [-0.3, -0.25) is 14.6 Å². The van der Waals surface area contributed by atoms with E-state index in [0.29, 0.717) is 10.6 Å². The molecule has 0 radical (unpaired) electrons. The third-order valence-electron chi connectivity index (χ3n) is 5.78. The lowest BCUT2D eigenvalue weighted by atomic mass is 9.79. The molecule has 1 fully saturated rings. The van der Waals surface area contributed by atoms with E-state index in [1.54, 1.807) is 24.3 Å². The van der Waals surface area contributed by atoms with Crippen LogP contribution in [0.4, 0.5) is 8.78 Å². The van der Waals surface area contributed by atoms with E-state index in [4.69, 9.17) is 23.2 Å². The SMILES string of the molecule is O=C(NC(c1ccc(Cl)cc1)C1CCC(F)(F)CC1)c1cc(-n2ncc(=O)[nH]c2=O)cnc1Cl. The minimum Gasteiger partial charge on any atom is -0.345 e. The van der Waals surface area contributed by atoms with Crippen molar-refractivity contribution in [2.75, 3.05) is 0 Å². The Kier molecular flexibility index (Phi) is 6.81. The first-order valence-corrected chi connectivity index (χ1v) is 11.2. The molecule has 1 aromatic carbocycles. The summed E-state index contributed by atoms with van der Waals surface area (Å²) in [7, 11) is 0. The number of alkyl halides is 2. The number of benzene rings is 1. The normalized spacial score (nSPS) is 16.7. The summed E-state index contributed by atoms with van der Waals surface area (Å²) in [5.41, 5.74) is -0.711. The first-order valence-electron chi connectivity index (χ1n) is 10.4. The number of carbonyl (C=O) groups is 1. The van der Waals surface area contributed by atoms with Crippen LogP contribution in [0.15, 0.2) is 52.3 Å². The van der Waals surface area contributed by atoms with Gasteiger partial charge in [0.1, 0.15) is 11.3 Å². The number of carbonyl (C=O) groups excluding carboxylic acids is 1. The highest BCUT2D eigenvalue weighted by atomic mass is 35.5. The van der Waals surface area contributed by atoms with Crippen molar-refractivity contribution in [2.45, 2.75) is 37.6 Å². The topological polar surface area (TPSA) is 110 Å². The Bertz CT molecular complexity index is 1320. The summed E-state index contributed by atoms with van der Waals surface area (Å²) in [4.78, 5) is 42.6. The molecular weight excluding hydrogens is 491 g/mol. The molecule has 2 heterocycles. The first-order chi connectivity index (χ1) is 16.1. The fraction of sp³-hybridized carbons (Fsp3) is 0.318. The minimum absolute atomic E-state index is 0.0424. The van der Waals surface area contributed by atoms with Crippen molar-refractivity contribution in [3.63, 3.8) is 0 Å². The lowest BCUT2D eigenvalue weighted by molar-refractivity contribution is -0.0493. The highest BCUT2D eigenvalue weighted by molar-refractivity contribution is 6.32. The number of nitrogens with one attached hydrogen (secondary N) is 2. The molecule has 0 aliphatic heterocycles. The Morgan fingerprint density at radius 2 is 1.82 bits per heavy atom. The largest absolute Gasteiger partial charge is 0.349 e. The van der Waals surface area contributed by atoms with E-state index in [-0.39, 0.29) is 48.0 Å². The summed E-state index contributed by atoms with van der Waals surface area (Å²) < 4.78 is 28.4. The number of halogens is 4. The van der Waals surface area contributed by atoms with Gasteiger partial charge >= 0.3 is 5.69 Å². The molecule has 0 bridgehead atoms. The number of amides is 1. The second kappa shape index (κ2) is 9.63. The van der Waals surface area contributed by atoms with E-state index >= 15 is 0 Å². The van der Waals surface area contributed by atoms with Gasteiger partial charge in [0.2, 0.25) is 5.92 Å². The zero-order valence-electron chi connectivity index (χ0n) is 17.6. The molecule has 2 N–H and O–H groups in total. The average Bonchev–Trinajstić information content (AvgIpc) is 2.79. The van der Waals surface area contributed by atoms with Crippen molar-refractivity contribution in [2.24, 2.45) is 5.92 Å². The van der Waals surface area contributed by atoms with Crippen LogP contribution in [0.5, 0.6) is 0 Å². The number of rotatable bonds is 5. The smallest absolute Gasteiger partial charge is 0.345 e. The van der Waals surface area contributed by atoms with Crippen molar-refractivity contribution in [1.29, 1.82) is 0 Å².